The number of aryl methyl sites for hydroxylation is 1. The molecule has 4 rings (SSSR count). The van der Waals surface area contributed by atoms with E-state index in [0.717, 1.165) is 17.5 Å². The molecular formula is C20H22F5N5O4S. The summed E-state index contributed by atoms with van der Waals surface area (Å²) in [6, 6.07) is 1.04. The minimum atomic E-state index is -4.54. The van der Waals surface area contributed by atoms with E-state index in [9.17, 15) is 26.7 Å². The Bertz CT molecular complexity index is 1110. The number of aromatic nitrogens is 2. The van der Waals surface area contributed by atoms with Crippen LogP contribution in [0, 0.1) is 12.8 Å². The molecule has 0 bridgehead atoms. The highest BCUT2D eigenvalue weighted by atomic mass is 32.1. The van der Waals surface area contributed by atoms with Crippen LogP contribution in [0.1, 0.15) is 34.9 Å². The van der Waals surface area contributed by atoms with Crippen LogP contribution in [0.4, 0.5) is 27.8 Å². The summed E-state index contributed by atoms with van der Waals surface area (Å²) < 4.78 is 78.8. The zero-order valence-corrected chi connectivity index (χ0v) is 18.3. The largest absolute Gasteiger partial charge is 0.465 e. The molecule has 1 saturated heterocycles. The summed E-state index contributed by atoms with van der Waals surface area (Å²) in [5.41, 5.74) is 4.64. The molecular weight excluding hydrogens is 501 g/mol. The summed E-state index contributed by atoms with van der Waals surface area (Å²) in [7, 11) is 0. The number of carbonyl (C=O) groups excluding carboxylic acids is 1. The zero-order chi connectivity index (χ0) is 24.7. The van der Waals surface area contributed by atoms with Gasteiger partial charge in [0.2, 0.25) is 0 Å². The molecule has 3 N–H and O–H groups in total. The SMILES string of the molecule is C.Cc1cc(OC(F)F)cnc1C(=O)Nc1csc([C@]23CO[C@@H](C(F)(F)F)C[C@H]2COC(N)=N3)n1. The van der Waals surface area contributed by atoms with Crippen LogP contribution in [0.3, 0.4) is 0 Å². The van der Waals surface area contributed by atoms with Gasteiger partial charge in [0.15, 0.2) is 6.10 Å². The average molecular weight is 523 g/mol. The van der Waals surface area contributed by atoms with Crippen LogP contribution in [0.2, 0.25) is 0 Å². The van der Waals surface area contributed by atoms with E-state index in [1.54, 1.807) is 0 Å². The van der Waals surface area contributed by atoms with Crippen molar-refractivity contribution in [3.05, 3.63) is 33.9 Å². The number of nitrogens with two attached hydrogens (primary N) is 1. The van der Waals surface area contributed by atoms with Crippen molar-refractivity contribution in [1.29, 1.82) is 0 Å². The van der Waals surface area contributed by atoms with Crippen molar-refractivity contribution in [2.24, 2.45) is 16.6 Å². The topological polar surface area (TPSA) is 121 Å². The highest BCUT2D eigenvalue weighted by molar-refractivity contribution is 7.10. The van der Waals surface area contributed by atoms with Gasteiger partial charge in [-0.25, -0.2) is 15.0 Å². The van der Waals surface area contributed by atoms with E-state index in [2.05, 4.69) is 25.0 Å². The number of hydrogen-bond acceptors (Lipinski definition) is 9. The molecule has 0 saturated carbocycles. The Morgan fingerprint density at radius 2 is 2.14 bits per heavy atom. The predicted molar refractivity (Wildman–Crippen MR) is 116 cm³/mol. The monoisotopic (exact) mass is 523 g/mol. The molecule has 0 radical (unpaired) electrons. The number of nitrogens with one attached hydrogen (secondary N) is 1. The Kier molecular flexibility index (Phi) is 7.50. The van der Waals surface area contributed by atoms with Crippen LogP contribution in [0.25, 0.3) is 0 Å². The third-order valence-electron chi connectivity index (χ3n) is 5.40. The maximum absolute atomic E-state index is 13.2. The number of anilines is 1. The standard InChI is InChI=1S/C19H18F5N5O4S.CH4/c1-8-2-10(33-16(20)21)4-26-13(8)14(30)27-12-6-34-15(28-12)18-7-32-11(19(22,23)24)3-9(18)5-31-17(25)29-18;/h2,4,6,9,11,16H,3,5,7H2,1H3,(H2,25,29)(H,27,30);1H4/t9-,11+,18-;/m0./s1. The Morgan fingerprint density at radius 1 is 1.40 bits per heavy atom. The molecule has 192 valence electrons. The van der Waals surface area contributed by atoms with Gasteiger partial charge in [-0.2, -0.15) is 22.0 Å². The molecule has 3 atom stereocenters. The number of carbonyl (C=O) groups is 1. The third-order valence-corrected chi connectivity index (χ3v) is 6.40. The highest BCUT2D eigenvalue weighted by Crippen LogP contribution is 2.47. The lowest BCUT2D eigenvalue weighted by molar-refractivity contribution is -0.249. The smallest absolute Gasteiger partial charge is 0.414 e. The molecule has 1 fully saturated rings. The number of hydrogen-bond donors (Lipinski definition) is 2. The fourth-order valence-corrected chi connectivity index (χ4v) is 4.74. The van der Waals surface area contributed by atoms with Crippen molar-refractivity contribution in [2.75, 3.05) is 18.5 Å². The molecule has 0 aromatic carbocycles. The van der Waals surface area contributed by atoms with Gasteiger partial charge in [-0.3, -0.25) is 4.79 Å². The number of amidine groups is 1. The number of thiazole rings is 1. The van der Waals surface area contributed by atoms with Gasteiger partial charge < -0.3 is 25.3 Å². The normalized spacial score (nSPS) is 24.0. The van der Waals surface area contributed by atoms with Crippen LogP contribution in [0.15, 0.2) is 22.6 Å². The van der Waals surface area contributed by atoms with Crippen molar-refractivity contribution >= 4 is 29.1 Å². The summed E-state index contributed by atoms with van der Waals surface area (Å²) >= 11 is 1.06. The number of pyridine rings is 1. The molecule has 35 heavy (non-hydrogen) atoms. The molecule has 4 heterocycles. The summed E-state index contributed by atoms with van der Waals surface area (Å²) in [5.74, 6) is -1.47. The Morgan fingerprint density at radius 3 is 2.80 bits per heavy atom. The van der Waals surface area contributed by atoms with E-state index < -0.39 is 49.3 Å². The van der Waals surface area contributed by atoms with Crippen LogP contribution < -0.4 is 15.8 Å². The molecule has 2 aromatic rings. The lowest BCUT2D eigenvalue weighted by atomic mass is 9.79. The summed E-state index contributed by atoms with van der Waals surface area (Å²) in [6.07, 6.45) is -5.91. The van der Waals surface area contributed by atoms with Crippen LogP contribution in [-0.2, 0) is 15.0 Å². The molecule has 2 aliphatic heterocycles. The molecule has 2 aromatic heterocycles. The maximum Gasteiger partial charge on any atom is 0.414 e. The van der Waals surface area contributed by atoms with E-state index in [1.165, 1.54) is 18.4 Å². The zero-order valence-electron chi connectivity index (χ0n) is 17.4. The van der Waals surface area contributed by atoms with E-state index in [-0.39, 0.29) is 42.9 Å². The Balaban J connectivity index is 0.00000342. The van der Waals surface area contributed by atoms with Gasteiger partial charge in [0.05, 0.1) is 19.4 Å². The molecule has 15 heteroatoms. The first kappa shape index (κ1) is 26.5. The van der Waals surface area contributed by atoms with Gasteiger partial charge in [0.25, 0.3) is 11.9 Å². The van der Waals surface area contributed by atoms with Gasteiger partial charge in [-0.05, 0) is 25.0 Å². The number of fused-ring (bicyclic) bond motifs is 1. The first-order valence-corrected chi connectivity index (χ1v) is 10.7. The van der Waals surface area contributed by atoms with Gasteiger partial charge in [0.1, 0.15) is 27.8 Å². The van der Waals surface area contributed by atoms with E-state index in [1.807, 2.05) is 0 Å². The predicted octanol–water partition coefficient (Wildman–Crippen LogP) is 3.84. The van der Waals surface area contributed by atoms with Crippen molar-refractivity contribution in [1.82, 2.24) is 9.97 Å². The molecule has 2 aliphatic rings. The average Bonchev–Trinajstić information content (AvgIpc) is 3.21. The fourth-order valence-electron chi connectivity index (χ4n) is 3.78. The van der Waals surface area contributed by atoms with Gasteiger partial charge in [-0.15, -0.1) is 11.3 Å². The lowest BCUT2D eigenvalue weighted by Crippen LogP contribution is -2.54. The molecule has 1 amide bonds. The van der Waals surface area contributed by atoms with Gasteiger partial charge >= 0.3 is 12.8 Å². The van der Waals surface area contributed by atoms with Gasteiger partial charge in [-0.1, -0.05) is 7.43 Å². The number of aliphatic imine (C=N–C) groups is 1. The maximum atomic E-state index is 13.2. The Hall–Kier alpha value is -3.07. The lowest BCUT2D eigenvalue weighted by Gasteiger charge is -2.44. The van der Waals surface area contributed by atoms with E-state index >= 15 is 0 Å². The molecule has 0 unspecified atom stereocenters. The van der Waals surface area contributed by atoms with E-state index in [0.29, 0.717) is 5.01 Å². The number of rotatable bonds is 5. The second-order valence-electron chi connectivity index (χ2n) is 7.67. The van der Waals surface area contributed by atoms with Crippen LogP contribution in [0.5, 0.6) is 5.75 Å². The van der Waals surface area contributed by atoms with Gasteiger partial charge in [0, 0.05) is 11.3 Å². The quantitative estimate of drug-likeness (QED) is 0.571. The minimum Gasteiger partial charge on any atom is -0.465 e. The number of ether oxygens (including phenoxy) is 3. The third kappa shape index (κ3) is 5.45. The Labute approximate surface area is 200 Å². The number of amides is 1. The summed E-state index contributed by atoms with van der Waals surface area (Å²) in [5, 5.41) is 4.31. The molecule has 9 nitrogen and oxygen atoms in total. The number of alkyl halides is 5. The first-order valence-electron chi connectivity index (χ1n) is 9.83. The fraction of sp³-hybridized carbons (Fsp3) is 0.500. The number of nitrogens with zero attached hydrogens (tertiary/aromatic N) is 3. The first-order chi connectivity index (χ1) is 16.0. The second-order valence-corrected chi connectivity index (χ2v) is 8.52. The van der Waals surface area contributed by atoms with Crippen molar-refractivity contribution in [3.63, 3.8) is 0 Å². The van der Waals surface area contributed by atoms with Crippen LogP contribution in [-0.4, -0.2) is 54.0 Å². The van der Waals surface area contributed by atoms with E-state index in [4.69, 9.17) is 15.2 Å². The summed E-state index contributed by atoms with van der Waals surface area (Å²) in [6.45, 7) is -2.05. The van der Waals surface area contributed by atoms with Crippen molar-refractivity contribution in [2.45, 2.75) is 45.2 Å². The molecule has 0 aliphatic carbocycles. The number of halogens is 5. The second kappa shape index (κ2) is 9.89. The summed E-state index contributed by atoms with van der Waals surface area (Å²) in [4.78, 5) is 25.1. The van der Waals surface area contributed by atoms with Crippen molar-refractivity contribution in [3.8, 4) is 5.75 Å². The molecule has 0 spiro atoms. The minimum absolute atomic E-state index is 0. The van der Waals surface area contributed by atoms with Crippen molar-refractivity contribution < 1.29 is 41.0 Å². The van der Waals surface area contributed by atoms with Crippen LogP contribution >= 0.6 is 11.3 Å². The highest BCUT2D eigenvalue weighted by Gasteiger charge is 2.56.